The fraction of sp³-hybridized carbons (Fsp3) is 1.00. The number of hydrogen-bond acceptors (Lipinski definition) is 2. The molecular weight excluding hydrogens is 183 g/mol. The molecule has 2 atom stereocenters. The minimum atomic E-state index is -4.52. The number of ether oxygens (including phenoxy) is 1. The van der Waals surface area contributed by atoms with Crippen molar-refractivity contribution < 1.29 is 17.9 Å². The van der Waals surface area contributed by atoms with E-state index >= 15 is 0 Å². The van der Waals surface area contributed by atoms with Crippen LogP contribution in [0.25, 0.3) is 0 Å². The van der Waals surface area contributed by atoms with E-state index in [4.69, 9.17) is 5.73 Å². The minimum Gasteiger partial charge on any atom is -0.330 e. The van der Waals surface area contributed by atoms with Gasteiger partial charge < -0.3 is 5.73 Å². The summed E-state index contributed by atoms with van der Waals surface area (Å²) in [6.07, 6.45) is -2.26. The summed E-state index contributed by atoms with van der Waals surface area (Å²) < 4.78 is 39.7. The second-order valence-electron chi connectivity index (χ2n) is 3.38. The maximum Gasteiger partial charge on any atom is 0.522 e. The zero-order valence-electron chi connectivity index (χ0n) is 7.31. The van der Waals surface area contributed by atoms with Gasteiger partial charge in [0.1, 0.15) is 0 Å². The molecule has 13 heavy (non-hydrogen) atoms. The molecule has 1 aliphatic rings. The first-order valence-electron chi connectivity index (χ1n) is 4.47. The third-order valence-electron chi connectivity index (χ3n) is 2.43. The molecule has 78 valence electrons. The summed E-state index contributed by atoms with van der Waals surface area (Å²) >= 11 is 0. The van der Waals surface area contributed by atoms with Crippen LogP contribution >= 0.6 is 0 Å². The number of halogens is 3. The highest BCUT2D eigenvalue weighted by molar-refractivity contribution is 4.76. The smallest absolute Gasteiger partial charge is 0.330 e. The highest BCUT2D eigenvalue weighted by atomic mass is 19.4. The average molecular weight is 197 g/mol. The summed E-state index contributed by atoms with van der Waals surface area (Å²) in [4.78, 5) is 0. The van der Waals surface area contributed by atoms with Crippen LogP contribution in [-0.4, -0.2) is 19.0 Å². The van der Waals surface area contributed by atoms with Crippen LogP contribution in [-0.2, 0) is 4.74 Å². The molecule has 0 amide bonds. The van der Waals surface area contributed by atoms with Crippen molar-refractivity contribution in [1.29, 1.82) is 0 Å². The van der Waals surface area contributed by atoms with Gasteiger partial charge in [0.05, 0.1) is 6.10 Å². The van der Waals surface area contributed by atoms with Crippen molar-refractivity contribution in [2.75, 3.05) is 6.54 Å². The molecule has 5 heteroatoms. The largest absolute Gasteiger partial charge is 0.522 e. The molecule has 1 fully saturated rings. The van der Waals surface area contributed by atoms with Crippen molar-refractivity contribution in [3.63, 3.8) is 0 Å². The molecule has 0 aromatic rings. The first-order chi connectivity index (χ1) is 6.03. The molecule has 0 heterocycles. The second kappa shape index (κ2) is 4.28. The van der Waals surface area contributed by atoms with Crippen LogP contribution in [0.5, 0.6) is 0 Å². The lowest BCUT2D eigenvalue weighted by Crippen LogP contribution is -2.36. The number of rotatable bonds is 2. The summed E-state index contributed by atoms with van der Waals surface area (Å²) in [7, 11) is 0. The fourth-order valence-corrected chi connectivity index (χ4v) is 1.77. The van der Waals surface area contributed by atoms with Gasteiger partial charge in [-0.1, -0.05) is 12.8 Å². The molecule has 0 spiro atoms. The Balaban J connectivity index is 2.45. The molecule has 2 N–H and O–H groups in total. The zero-order valence-corrected chi connectivity index (χ0v) is 7.31. The molecule has 1 rings (SSSR count). The summed E-state index contributed by atoms with van der Waals surface area (Å²) in [6.45, 7) is 0.279. The summed E-state index contributed by atoms with van der Waals surface area (Å²) in [5.74, 6) is -0.129. The third-order valence-corrected chi connectivity index (χ3v) is 2.43. The normalized spacial score (nSPS) is 30.5. The van der Waals surface area contributed by atoms with E-state index in [-0.39, 0.29) is 12.5 Å². The van der Waals surface area contributed by atoms with Gasteiger partial charge in [0.2, 0.25) is 0 Å². The summed E-state index contributed by atoms with van der Waals surface area (Å²) in [5.41, 5.74) is 5.37. The van der Waals surface area contributed by atoms with Crippen LogP contribution in [0.4, 0.5) is 13.2 Å². The fourth-order valence-electron chi connectivity index (χ4n) is 1.77. The lowest BCUT2D eigenvalue weighted by molar-refractivity contribution is -0.350. The van der Waals surface area contributed by atoms with Gasteiger partial charge in [0.15, 0.2) is 0 Å². The van der Waals surface area contributed by atoms with Gasteiger partial charge in [-0.3, -0.25) is 4.74 Å². The van der Waals surface area contributed by atoms with Gasteiger partial charge >= 0.3 is 6.36 Å². The van der Waals surface area contributed by atoms with E-state index in [2.05, 4.69) is 4.74 Å². The Labute approximate surface area is 75.2 Å². The molecule has 0 radical (unpaired) electrons. The standard InChI is InChI=1S/C8H14F3NO/c9-8(10,11)13-7-4-2-1-3-6(7)5-12/h6-7H,1-5,12H2. The van der Waals surface area contributed by atoms with Gasteiger partial charge in [-0.05, 0) is 25.3 Å². The SMILES string of the molecule is NCC1CCCCC1OC(F)(F)F. The predicted molar refractivity (Wildman–Crippen MR) is 41.9 cm³/mol. The van der Waals surface area contributed by atoms with E-state index in [9.17, 15) is 13.2 Å². The molecule has 1 aliphatic carbocycles. The third kappa shape index (κ3) is 3.52. The monoisotopic (exact) mass is 197 g/mol. The van der Waals surface area contributed by atoms with Gasteiger partial charge in [0.25, 0.3) is 0 Å². The van der Waals surface area contributed by atoms with Crippen LogP contribution in [0.2, 0.25) is 0 Å². The van der Waals surface area contributed by atoms with E-state index in [1.807, 2.05) is 0 Å². The molecule has 0 aromatic carbocycles. The van der Waals surface area contributed by atoms with Crippen molar-refractivity contribution in [3.05, 3.63) is 0 Å². The van der Waals surface area contributed by atoms with Crippen molar-refractivity contribution in [2.24, 2.45) is 11.7 Å². The maximum atomic E-state index is 11.9. The van der Waals surface area contributed by atoms with Gasteiger partial charge in [-0.2, -0.15) is 0 Å². The Kier molecular flexibility index (Phi) is 3.55. The van der Waals surface area contributed by atoms with Gasteiger partial charge in [0, 0.05) is 0 Å². The number of nitrogens with two attached hydrogens (primary N) is 1. The molecule has 0 aromatic heterocycles. The minimum absolute atomic E-state index is 0.129. The van der Waals surface area contributed by atoms with Crippen molar-refractivity contribution in [3.8, 4) is 0 Å². The highest BCUT2D eigenvalue weighted by Gasteiger charge is 2.37. The van der Waals surface area contributed by atoms with Gasteiger partial charge in [-0.15, -0.1) is 13.2 Å². The number of hydrogen-bond donors (Lipinski definition) is 1. The summed E-state index contributed by atoms with van der Waals surface area (Å²) in [6, 6.07) is 0. The average Bonchev–Trinajstić information content (AvgIpc) is 2.02. The Morgan fingerprint density at radius 1 is 1.23 bits per heavy atom. The Hall–Kier alpha value is -0.290. The molecule has 1 saturated carbocycles. The van der Waals surface area contributed by atoms with E-state index in [1.165, 1.54) is 0 Å². The molecule has 2 nitrogen and oxygen atoms in total. The van der Waals surface area contributed by atoms with E-state index in [1.54, 1.807) is 0 Å². The zero-order chi connectivity index (χ0) is 9.90. The summed E-state index contributed by atoms with van der Waals surface area (Å²) in [5, 5.41) is 0. The Morgan fingerprint density at radius 2 is 1.85 bits per heavy atom. The van der Waals surface area contributed by atoms with Crippen LogP contribution in [0.1, 0.15) is 25.7 Å². The lowest BCUT2D eigenvalue weighted by Gasteiger charge is -2.30. The van der Waals surface area contributed by atoms with E-state index < -0.39 is 12.5 Å². The topological polar surface area (TPSA) is 35.2 Å². The molecule has 0 aliphatic heterocycles. The van der Waals surface area contributed by atoms with Crippen LogP contribution in [0.15, 0.2) is 0 Å². The van der Waals surface area contributed by atoms with Crippen LogP contribution in [0.3, 0.4) is 0 Å². The maximum absolute atomic E-state index is 11.9. The molecular formula is C8H14F3NO. The van der Waals surface area contributed by atoms with Crippen LogP contribution in [0, 0.1) is 5.92 Å². The first-order valence-corrected chi connectivity index (χ1v) is 4.47. The first kappa shape index (κ1) is 10.8. The second-order valence-corrected chi connectivity index (χ2v) is 3.38. The highest BCUT2D eigenvalue weighted by Crippen LogP contribution is 2.31. The van der Waals surface area contributed by atoms with Crippen molar-refractivity contribution in [1.82, 2.24) is 0 Å². The molecule has 0 saturated heterocycles. The Bertz CT molecular complexity index is 160. The van der Waals surface area contributed by atoms with E-state index in [0.29, 0.717) is 6.42 Å². The number of alkyl halides is 3. The predicted octanol–water partition coefficient (Wildman–Crippen LogP) is 2.04. The van der Waals surface area contributed by atoms with E-state index in [0.717, 1.165) is 19.3 Å². The molecule has 2 unspecified atom stereocenters. The molecule has 0 bridgehead atoms. The lowest BCUT2D eigenvalue weighted by atomic mass is 9.86. The van der Waals surface area contributed by atoms with Gasteiger partial charge in [-0.25, -0.2) is 0 Å². The van der Waals surface area contributed by atoms with Crippen molar-refractivity contribution in [2.45, 2.75) is 38.1 Å². The van der Waals surface area contributed by atoms with Crippen molar-refractivity contribution >= 4 is 0 Å². The Morgan fingerprint density at radius 3 is 2.38 bits per heavy atom. The van der Waals surface area contributed by atoms with Crippen LogP contribution < -0.4 is 5.73 Å². The quantitative estimate of drug-likeness (QED) is 0.735.